The van der Waals surface area contributed by atoms with E-state index in [2.05, 4.69) is 56.8 Å². The second-order valence-corrected chi connectivity index (χ2v) is 3.76. The maximum absolute atomic E-state index is 4.18. The van der Waals surface area contributed by atoms with Crippen LogP contribution in [0.2, 0.25) is 0 Å². The quantitative estimate of drug-likeness (QED) is 0.597. The summed E-state index contributed by atoms with van der Waals surface area (Å²) in [4.78, 5) is 2.24. The first-order valence-electron chi connectivity index (χ1n) is 4.87. The van der Waals surface area contributed by atoms with Gasteiger partial charge in [-0.15, -0.1) is 0 Å². The third-order valence-electron chi connectivity index (χ3n) is 2.61. The molecule has 72 valence electrons. The molecular weight excluding hydrogens is 158 g/mol. The molecule has 0 aromatic heterocycles. The fraction of sp³-hybridized carbons (Fsp3) is 0.500. The SMILES string of the molecule is C=C(C1C=CC=C1)C(CC)N(C)C. The monoisotopic (exact) mass is 177 g/mol. The van der Waals surface area contributed by atoms with Gasteiger partial charge in [-0.25, -0.2) is 0 Å². The summed E-state index contributed by atoms with van der Waals surface area (Å²) < 4.78 is 0. The van der Waals surface area contributed by atoms with Gasteiger partial charge in [0.15, 0.2) is 0 Å². The van der Waals surface area contributed by atoms with E-state index < -0.39 is 0 Å². The average molecular weight is 177 g/mol. The summed E-state index contributed by atoms with van der Waals surface area (Å²) in [6.07, 6.45) is 9.73. The standard InChI is InChI=1S/C12H19N/c1-5-12(13(3)4)10(2)11-8-6-7-9-11/h6-9,11-12H,2,5H2,1,3-4H3. The third kappa shape index (κ3) is 2.31. The molecule has 0 radical (unpaired) electrons. The van der Waals surface area contributed by atoms with E-state index in [4.69, 9.17) is 0 Å². The van der Waals surface area contributed by atoms with Gasteiger partial charge in [-0.1, -0.05) is 37.8 Å². The van der Waals surface area contributed by atoms with Crippen molar-refractivity contribution in [3.63, 3.8) is 0 Å². The second-order valence-electron chi connectivity index (χ2n) is 3.76. The first kappa shape index (κ1) is 10.3. The van der Waals surface area contributed by atoms with Crippen LogP contribution in [0.15, 0.2) is 36.5 Å². The minimum Gasteiger partial charge on any atom is -0.303 e. The highest BCUT2D eigenvalue weighted by molar-refractivity contribution is 5.29. The van der Waals surface area contributed by atoms with Crippen LogP contribution in [0, 0.1) is 5.92 Å². The highest BCUT2D eigenvalue weighted by Gasteiger charge is 2.18. The van der Waals surface area contributed by atoms with Crippen LogP contribution < -0.4 is 0 Å². The summed E-state index contributed by atoms with van der Waals surface area (Å²) in [5, 5.41) is 0. The van der Waals surface area contributed by atoms with E-state index >= 15 is 0 Å². The summed E-state index contributed by atoms with van der Waals surface area (Å²) in [7, 11) is 4.23. The molecule has 0 aromatic rings. The summed E-state index contributed by atoms with van der Waals surface area (Å²) in [5.74, 6) is 0.451. The molecule has 0 heterocycles. The van der Waals surface area contributed by atoms with Crippen LogP contribution in [0.1, 0.15) is 13.3 Å². The molecule has 13 heavy (non-hydrogen) atoms. The highest BCUT2D eigenvalue weighted by Crippen LogP contribution is 2.23. The molecular formula is C12H19N. The van der Waals surface area contributed by atoms with E-state index in [9.17, 15) is 0 Å². The second kappa shape index (κ2) is 4.43. The van der Waals surface area contributed by atoms with Gasteiger partial charge in [0.1, 0.15) is 0 Å². The summed E-state index contributed by atoms with van der Waals surface area (Å²) >= 11 is 0. The van der Waals surface area contributed by atoms with Crippen molar-refractivity contribution in [1.82, 2.24) is 4.90 Å². The van der Waals surface area contributed by atoms with Gasteiger partial charge in [0.2, 0.25) is 0 Å². The average Bonchev–Trinajstić information content (AvgIpc) is 2.56. The number of likely N-dealkylation sites (N-methyl/N-ethyl adjacent to an activating group) is 1. The summed E-state index contributed by atoms with van der Waals surface area (Å²) in [5.41, 5.74) is 1.30. The lowest BCUT2D eigenvalue weighted by molar-refractivity contribution is 0.315. The van der Waals surface area contributed by atoms with Crippen LogP contribution in [0.5, 0.6) is 0 Å². The summed E-state index contributed by atoms with van der Waals surface area (Å²) in [6.45, 7) is 6.39. The topological polar surface area (TPSA) is 3.24 Å². The van der Waals surface area contributed by atoms with Gasteiger partial charge in [0.25, 0.3) is 0 Å². The number of allylic oxidation sites excluding steroid dienone is 4. The highest BCUT2D eigenvalue weighted by atomic mass is 15.1. The number of rotatable bonds is 4. The van der Waals surface area contributed by atoms with Crippen molar-refractivity contribution in [3.05, 3.63) is 36.5 Å². The zero-order valence-electron chi connectivity index (χ0n) is 8.83. The van der Waals surface area contributed by atoms with Gasteiger partial charge in [-0.05, 0) is 26.1 Å². The Kier molecular flexibility index (Phi) is 3.49. The van der Waals surface area contributed by atoms with Crippen molar-refractivity contribution in [2.45, 2.75) is 19.4 Å². The molecule has 1 aliphatic carbocycles. The molecule has 1 atom stereocenters. The molecule has 0 aromatic carbocycles. The normalized spacial score (nSPS) is 18.5. The molecule has 0 fully saturated rings. The van der Waals surface area contributed by atoms with Crippen molar-refractivity contribution >= 4 is 0 Å². The van der Waals surface area contributed by atoms with Gasteiger partial charge < -0.3 is 4.90 Å². The Hall–Kier alpha value is -0.820. The van der Waals surface area contributed by atoms with Gasteiger partial charge in [-0.3, -0.25) is 0 Å². The lowest BCUT2D eigenvalue weighted by Gasteiger charge is -2.27. The Morgan fingerprint density at radius 2 is 1.92 bits per heavy atom. The van der Waals surface area contributed by atoms with Crippen molar-refractivity contribution < 1.29 is 0 Å². The van der Waals surface area contributed by atoms with Crippen molar-refractivity contribution in [1.29, 1.82) is 0 Å². The largest absolute Gasteiger partial charge is 0.303 e. The van der Waals surface area contributed by atoms with E-state index in [0.29, 0.717) is 12.0 Å². The maximum Gasteiger partial charge on any atom is 0.0305 e. The Balaban J connectivity index is 2.64. The molecule has 1 aliphatic rings. The molecule has 0 amide bonds. The van der Waals surface area contributed by atoms with Crippen LogP contribution in [0.4, 0.5) is 0 Å². The van der Waals surface area contributed by atoms with Crippen LogP contribution >= 0.6 is 0 Å². The first-order valence-corrected chi connectivity index (χ1v) is 4.87. The van der Waals surface area contributed by atoms with E-state index in [1.165, 1.54) is 5.57 Å². The maximum atomic E-state index is 4.18. The van der Waals surface area contributed by atoms with Gasteiger partial charge >= 0.3 is 0 Å². The number of nitrogens with zero attached hydrogens (tertiary/aromatic N) is 1. The van der Waals surface area contributed by atoms with Crippen LogP contribution in [0.25, 0.3) is 0 Å². The third-order valence-corrected chi connectivity index (χ3v) is 2.61. The minimum absolute atomic E-state index is 0.451. The molecule has 0 saturated heterocycles. The molecule has 0 saturated carbocycles. The van der Waals surface area contributed by atoms with E-state index in [0.717, 1.165) is 6.42 Å². The smallest absolute Gasteiger partial charge is 0.0305 e. The van der Waals surface area contributed by atoms with Crippen LogP contribution in [0.3, 0.4) is 0 Å². The molecule has 1 heteroatoms. The van der Waals surface area contributed by atoms with Crippen molar-refractivity contribution in [3.8, 4) is 0 Å². The Bertz CT molecular complexity index is 224. The fourth-order valence-corrected chi connectivity index (χ4v) is 1.86. The molecule has 0 aliphatic heterocycles. The van der Waals surface area contributed by atoms with E-state index in [1.807, 2.05) is 0 Å². The van der Waals surface area contributed by atoms with Gasteiger partial charge in [0.05, 0.1) is 0 Å². The molecule has 1 nitrogen and oxygen atoms in total. The molecule has 0 bridgehead atoms. The van der Waals surface area contributed by atoms with Crippen LogP contribution in [-0.2, 0) is 0 Å². The predicted octanol–water partition coefficient (Wildman–Crippen LogP) is 2.63. The Labute approximate surface area is 81.4 Å². The Morgan fingerprint density at radius 1 is 1.38 bits per heavy atom. The molecule has 0 spiro atoms. The molecule has 1 rings (SSSR count). The number of hydrogen-bond acceptors (Lipinski definition) is 1. The van der Waals surface area contributed by atoms with Crippen molar-refractivity contribution in [2.75, 3.05) is 14.1 Å². The molecule has 0 N–H and O–H groups in total. The zero-order valence-corrected chi connectivity index (χ0v) is 8.83. The minimum atomic E-state index is 0.451. The fourth-order valence-electron chi connectivity index (χ4n) is 1.86. The van der Waals surface area contributed by atoms with Crippen molar-refractivity contribution in [2.24, 2.45) is 5.92 Å². The van der Waals surface area contributed by atoms with Gasteiger partial charge in [-0.2, -0.15) is 0 Å². The summed E-state index contributed by atoms with van der Waals surface area (Å²) in [6, 6.07) is 0.498. The zero-order chi connectivity index (χ0) is 9.84. The number of hydrogen-bond donors (Lipinski definition) is 0. The van der Waals surface area contributed by atoms with Gasteiger partial charge in [0, 0.05) is 12.0 Å². The predicted molar refractivity (Wildman–Crippen MR) is 58.7 cm³/mol. The van der Waals surface area contributed by atoms with Crippen LogP contribution in [-0.4, -0.2) is 25.0 Å². The molecule has 1 unspecified atom stereocenters. The van der Waals surface area contributed by atoms with E-state index in [1.54, 1.807) is 0 Å². The lowest BCUT2D eigenvalue weighted by Crippen LogP contribution is -2.30. The lowest BCUT2D eigenvalue weighted by atomic mass is 9.93. The first-order chi connectivity index (χ1) is 6.16. The Morgan fingerprint density at radius 3 is 2.31 bits per heavy atom. The van der Waals surface area contributed by atoms with E-state index in [-0.39, 0.29) is 0 Å².